The number of anilines is 1. The summed E-state index contributed by atoms with van der Waals surface area (Å²) in [7, 11) is 0. The predicted octanol–water partition coefficient (Wildman–Crippen LogP) is 2.48. The fraction of sp³-hybridized carbons (Fsp3) is 0.125. The van der Waals surface area contributed by atoms with Gasteiger partial charge in [-0.3, -0.25) is 4.79 Å². The second kappa shape index (κ2) is 6.17. The van der Waals surface area contributed by atoms with Crippen molar-refractivity contribution >= 4 is 11.6 Å². The van der Waals surface area contributed by atoms with Gasteiger partial charge in [0.2, 0.25) is 0 Å². The van der Waals surface area contributed by atoms with E-state index in [-0.39, 0.29) is 5.91 Å². The highest BCUT2D eigenvalue weighted by Gasteiger charge is 2.14. The molecule has 1 N–H and O–H groups in total. The van der Waals surface area contributed by atoms with Crippen molar-refractivity contribution in [2.45, 2.75) is 13.3 Å². The van der Waals surface area contributed by atoms with Gasteiger partial charge in [0, 0.05) is 5.69 Å². The van der Waals surface area contributed by atoms with Crippen LogP contribution in [0.3, 0.4) is 0 Å². The van der Waals surface area contributed by atoms with E-state index >= 15 is 0 Å². The van der Waals surface area contributed by atoms with E-state index in [1.54, 1.807) is 12.1 Å². The maximum atomic E-state index is 12.6. The van der Waals surface area contributed by atoms with Gasteiger partial charge < -0.3 is 5.32 Å². The molecule has 22 heavy (non-hydrogen) atoms. The summed E-state index contributed by atoms with van der Waals surface area (Å²) < 4.78 is 1.47. The monoisotopic (exact) mass is 293 g/mol. The van der Waals surface area contributed by atoms with Gasteiger partial charge in [-0.15, -0.1) is 5.10 Å². The Morgan fingerprint density at radius 1 is 1.14 bits per heavy atom. The Balaban J connectivity index is 1.93. The molecule has 0 spiro atoms. The third-order valence-electron chi connectivity index (χ3n) is 3.39. The lowest BCUT2D eigenvalue weighted by Crippen LogP contribution is -2.16. The SMILES string of the molecule is CCc1ccccc1NC(=O)c1ccccc1-n1cnnn1. The van der Waals surface area contributed by atoms with Gasteiger partial charge in [0.05, 0.1) is 11.3 Å². The number of benzene rings is 2. The van der Waals surface area contributed by atoms with Crippen LogP contribution in [0.5, 0.6) is 0 Å². The van der Waals surface area contributed by atoms with Crippen LogP contribution in [0.2, 0.25) is 0 Å². The number of nitrogens with one attached hydrogen (secondary N) is 1. The molecular weight excluding hydrogens is 278 g/mol. The Hall–Kier alpha value is -3.02. The summed E-state index contributed by atoms with van der Waals surface area (Å²) >= 11 is 0. The molecule has 6 nitrogen and oxygen atoms in total. The predicted molar refractivity (Wildman–Crippen MR) is 82.9 cm³/mol. The first-order valence-corrected chi connectivity index (χ1v) is 7.01. The van der Waals surface area contributed by atoms with Crippen LogP contribution < -0.4 is 5.32 Å². The summed E-state index contributed by atoms with van der Waals surface area (Å²) in [5, 5.41) is 14.0. The molecule has 0 fully saturated rings. The van der Waals surface area contributed by atoms with Crippen LogP contribution in [0.1, 0.15) is 22.8 Å². The van der Waals surface area contributed by atoms with Crippen molar-refractivity contribution in [3.8, 4) is 5.69 Å². The molecule has 1 aromatic heterocycles. The van der Waals surface area contributed by atoms with Crippen LogP contribution in [-0.4, -0.2) is 26.1 Å². The van der Waals surface area contributed by atoms with Crippen molar-refractivity contribution in [3.63, 3.8) is 0 Å². The molecule has 110 valence electrons. The standard InChI is InChI=1S/C16H15N5O/c1-2-12-7-3-5-9-14(12)18-16(22)13-8-4-6-10-15(13)21-11-17-19-20-21/h3-11H,2H2,1H3,(H,18,22). The molecule has 0 aliphatic rings. The summed E-state index contributed by atoms with van der Waals surface area (Å²) in [5.41, 5.74) is 3.07. The van der Waals surface area contributed by atoms with Gasteiger partial charge in [-0.25, -0.2) is 0 Å². The second-order valence-corrected chi connectivity index (χ2v) is 4.74. The van der Waals surface area contributed by atoms with Crippen LogP contribution in [-0.2, 0) is 6.42 Å². The Bertz CT molecular complexity index is 783. The Kier molecular flexibility index (Phi) is 3.91. The van der Waals surface area contributed by atoms with Crippen molar-refractivity contribution in [1.29, 1.82) is 0 Å². The van der Waals surface area contributed by atoms with Crippen molar-refractivity contribution in [2.75, 3.05) is 5.32 Å². The van der Waals surface area contributed by atoms with Gasteiger partial charge in [0.1, 0.15) is 6.33 Å². The zero-order valence-corrected chi connectivity index (χ0v) is 12.1. The summed E-state index contributed by atoms with van der Waals surface area (Å²) in [6.45, 7) is 2.06. The quantitative estimate of drug-likeness (QED) is 0.802. The van der Waals surface area contributed by atoms with Gasteiger partial charge in [-0.05, 0) is 40.6 Å². The largest absolute Gasteiger partial charge is 0.322 e. The fourth-order valence-corrected chi connectivity index (χ4v) is 2.28. The molecule has 0 radical (unpaired) electrons. The molecule has 0 saturated carbocycles. The van der Waals surface area contributed by atoms with E-state index in [9.17, 15) is 4.79 Å². The molecule has 0 unspecified atom stereocenters. The molecule has 2 aromatic carbocycles. The molecule has 0 atom stereocenters. The number of hydrogen-bond donors (Lipinski definition) is 1. The smallest absolute Gasteiger partial charge is 0.257 e. The number of amides is 1. The van der Waals surface area contributed by atoms with Gasteiger partial charge in [0.15, 0.2) is 0 Å². The first-order chi connectivity index (χ1) is 10.8. The first kappa shape index (κ1) is 13.9. The van der Waals surface area contributed by atoms with E-state index < -0.39 is 0 Å². The average Bonchev–Trinajstić information content (AvgIpc) is 3.09. The van der Waals surface area contributed by atoms with Gasteiger partial charge in [0.25, 0.3) is 5.91 Å². The minimum atomic E-state index is -0.188. The zero-order chi connectivity index (χ0) is 15.4. The lowest BCUT2D eigenvalue weighted by atomic mass is 10.1. The van der Waals surface area contributed by atoms with Crippen molar-refractivity contribution in [2.24, 2.45) is 0 Å². The maximum absolute atomic E-state index is 12.6. The summed E-state index contributed by atoms with van der Waals surface area (Å²) in [5.74, 6) is -0.188. The number of nitrogens with zero attached hydrogens (tertiary/aromatic N) is 4. The molecule has 1 amide bonds. The van der Waals surface area contributed by atoms with E-state index in [2.05, 4.69) is 27.8 Å². The number of rotatable bonds is 4. The third-order valence-corrected chi connectivity index (χ3v) is 3.39. The highest BCUT2D eigenvalue weighted by molar-refractivity contribution is 6.07. The molecule has 6 heteroatoms. The van der Waals surface area contributed by atoms with Crippen LogP contribution >= 0.6 is 0 Å². The van der Waals surface area contributed by atoms with E-state index in [1.807, 2.05) is 36.4 Å². The normalized spacial score (nSPS) is 10.4. The number of tetrazole rings is 1. The van der Waals surface area contributed by atoms with E-state index in [4.69, 9.17) is 0 Å². The minimum Gasteiger partial charge on any atom is -0.322 e. The molecule has 1 heterocycles. The van der Waals surface area contributed by atoms with Crippen LogP contribution in [0, 0.1) is 0 Å². The second-order valence-electron chi connectivity index (χ2n) is 4.74. The highest BCUT2D eigenvalue weighted by atomic mass is 16.1. The van der Waals surface area contributed by atoms with E-state index in [0.717, 1.165) is 17.7 Å². The highest BCUT2D eigenvalue weighted by Crippen LogP contribution is 2.19. The van der Waals surface area contributed by atoms with Gasteiger partial charge in [-0.2, -0.15) is 4.68 Å². The molecule has 0 aliphatic carbocycles. The molecule has 3 aromatic rings. The lowest BCUT2D eigenvalue weighted by molar-refractivity contribution is 0.102. The number of hydrogen-bond acceptors (Lipinski definition) is 4. The Labute approximate surface area is 127 Å². The molecule has 3 rings (SSSR count). The minimum absolute atomic E-state index is 0.188. The van der Waals surface area contributed by atoms with Crippen molar-refractivity contribution in [1.82, 2.24) is 20.2 Å². The van der Waals surface area contributed by atoms with Gasteiger partial charge in [-0.1, -0.05) is 37.3 Å². The summed E-state index contributed by atoms with van der Waals surface area (Å²) in [6, 6.07) is 15.0. The van der Waals surface area contributed by atoms with E-state index in [1.165, 1.54) is 11.0 Å². The number of aromatic nitrogens is 4. The molecule has 0 saturated heterocycles. The Morgan fingerprint density at radius 2 is 1.91 bits per heavy atom. The lowest BCUT2D eigenvalue weighted by Gasteiger charge is -2.12. The number of para-hydroxylation sites is 2. The molecular formula is C16H15N5O. The van der Waals surface area contributed by atoms with Crippen LogP contribution in [0.25, 0.3) is 5.69 Å². The molecule has 0 bridgehead atoms. The van der Waals surface area contributed by atoms with Crippen LogP contribution in [0.4, 0.5) is 5.69 Å². The third kappa shape index (κ3) is 2.71. The average molecular weight is 293 g/mol. The van der Waals surface area contributed by atoms with E-state index in [0.29, 0.717) is 11.3 Å². The topological polar surface area (TPSA) is 72.7 Å². The fourth-order valence-electron chi connectivity index (χ4n) is 2.28. The number of aryl methyl sites for hydroxylation is 1. The zero-order valence-electron chi connectivity index (χ0n) is 12.1. The summed E-state index contributed by atoms with van der Waals surface area (Å²) in [4.78, 5) is 12.6. The number of carbonyl (C=O) groups excluding carboxylic acids is 1. The van der Waals surface area contributed by atoms with Gasteiger partial charge >= 0.3 is 0 Å². The summed E-state index contributed by atoms with van der Waals surface area (Å²) in [6.07, 6.45) is 2.32. The van der Waals surface area contributed by atoms with Crippen molar-refractivity contribution in [3.05, 3.63) is 66.0 Å². The van der Waals surface area contributed by atoms with Crippen molar-refractivity contribution < 1.29 is 4.79 Å². The first-order valence-electron chi connectivity index (χ1n) is 7.01. The maximum Gasteiger partial charge on any atom is 0.257 e. The molecule has 0 aliphatic heterocycles. The van der Waals surface area contributed by atoms with Crippen LogP contribution in [0.15, 0.2) is 54.9 Å². The Morgan fingerprint density at radius 3 is 2.68 bits per heavy atom. The number of carbonyl (C=O) groups is 1.